The van der Waals surface area contributed by atoms with Gasteiger partial charge in [0.05, 0.1) is 21.5 Å². The Balaban J connectivity index is 1.71. The summed E-state index contributed by atoms with van der Waals surface area (Å²) in [6.07, 6.45) is 0. The van der Waals surface area contributed by atoms with Crippen LogP contribution in [0.1, 0.15) is 0 Å². The second-order valence-electron chi connectivity index (χ2n) is 7.36. The lowest BCUT2D eigenvalue weighted by atomic mass is 10.0. The molecule has 1 aromatic heterocycles. The van der Waals surface area contributed by atoms with E-state index < -0.39 is 69.2 Å². The number of hydrogen-bond acceptors (Lipinski definition) is 2. The lowest BCUT2D eigenvalue weighted by molar-refractivity contribution is 0.379. The molecule has 35 heavy (non-hydrogen) atoms. The largest absolute Gasteiger partial charge is 0.349 e. The highest BCUT2D eigenvalue weighted by atomic mass is 32.1. The van der Waals surface area contributed by atoms with Crippen molar-refractivity contribution < 1.29 is 39.5 Å². The number of fused-ring (bicyclic) bond motifs is 3. The fourth-order valence-corrected chi connectivity index (χ4v) is 4.94. The minimum absolute atomic E-state index is 0.0595. The molecule has 0 radical (unpaired) electrons. The van der Waals surface area contributed by atoms with Gasteiger partial charge in [-0.15, -0.1) is 11.3 Å². The van der Waals surface area contributed by atoms with Gasteiger partial charge >= 0.3 is 0 Å². The fraction of sp³-hybridized carbons (Fsp3) is 0. The van der Waals surface area contributed by atoms with Crippen LogP contribution in [-0.2, 0) is 0 Å². The van der Waals surface area contributed by atoms with Crippen molar-refractivity contribution in [3.8, 4) is 11.1 Å². The van der Waals surface area contributed by atoms with Crippen molar-refractivity contribution in [2.24, 2.45) is 0 Å². The van der Waals surface area contributed by atoms with Crippen LogP contribution in [0.25, 0.3) is 31.3 Å². The van der Waals surface area contributed by atoms with Crippen LogP contribution in [0.4, 0.5) is 50.9 Å². The molecule has 0 saturated heterocycles. The van der Waals surface area contributed by atoms with Gasteiger partial charge in [0, 0.05) is 15.5 Å². The first-order valence-electron chi connectivity index (χ1n) is 9.68. The number of anilines is 2. The Morgan fingerprint density at radius 2 is 0.971 bits per heavy atom. The van der Waals surface area contributed by atoms with E-state index in [1.165, 1.54) is 23.5 Å². The molecule has 11 heteroatoms. The van der Waals surface area contributed by atoms with Crippen LogP contribution in [-0.4, -0.2) is 0 Å². The summed E-state index contributed by atoms with van der Waals surface area (Å²) in [6, 6.07) is 11.8. The van der Waals surface area contributed by atoms with Crippen molar-refractivity contribution >= 4 is 42.9 Å². The zero-order valence-corrected chi connectivity index (χ0v) is 17.7. The summed E-state index contributed by atoms with van der Waals surface area (Å²) in [6.45, 7) is 0. The zero-order valence-electron chi connectivity index (χ0n) is 16.9. The molecule has 178 valence electrons. The van der Waals surface area contributed by atoms with Crippen molar-refractivity contribution in [2.45, 2.75) is 0 Å². The van der Waals surface area contributed by atoms with Crippen molar-refractivity contribution in [3.05, 3.63) is 94.8 Å². The molecule has 0 spiro atoms. The quantitative estimate of drug-likeness (QED) is 0.145. The van der Waals surface area contributed by atoms with Crippen molar-refractivity contribution in [2.75, 3.05) is 5.32 Å². The van der Waals surface area contributed by atoms with Crippen LogP contribution < -0.4 is 5.32 Å². The van der Waals surface area contributed by atoms with Gasteiger partial charge in [-0.25, -0.2) is 39.5 Å². The Morgan fingerprint density at radius 3 is 1.57 bits per heavy atom. The van der Waals surface area contributed by atoms with E-state index in [0.29, 0.717) is 10.1 Å². The molecule has 1 N–H and O–H groups in total. The minimum atomic E-state index is -2.61. The molecular formula is C24H8F9NS. The Bertz CT molecular complexity index is 1620. The number of rotatable bonds is 3. The average molecular weight is 513 g/mol. The van der Waals surface area contributed by atoms with Gasteiger partial charge in [0.15, 0.2) is 46.5 Å². The summed E-state index contributed by atoms with van der Waals surface area (Å²) >= 11 is 1.22. The first-order chi connectivity index (χ1) is 16.6. The van der Waals surface area contributed by atoms with Gasteiger partial charge in [-0.2, -0.15) is 0 Å². The predicted octanol–water partition coefficient (Wildman–Crippen LogP) is 8.72. The second kappa shape index (κ2) is 8.19. The lowest BCUT2D eigenvalue weighted by Crippen LogP contribution is -2.10. The normalized spacial score (nSPS) is 11.6. The number of hydrogen-bond donors (Lipinski definition) is 1. The maximum absolute atomic E-state index is 14.9. The van der Waals surface area contributed by atoms with Gasteiger partial charge in [-0.1, -0.05) is 30.3 Å². The zero-order chi connectivity index (χ0) is 25.2. The molecule has 0 atom stereocenters. The van der Waals surface area contributed by atoms with Gasteiger partial charge in [-0.05, 0) is 12.1 Å². The monoisotopic (exact) mass is 513 g/mol. The van der Waals surface area contributed by atoms with Gasteiger partial charge in [0.1, 0.15) is 5.69 Å². The third kappa shape index (κ3) is 3.33. The van der Waals surface area contributed by atoms with Crippen LogP contribution in [0.5, 0.6) is 0 Å². The van der Waals surface area contributed by atoms with Crippen LogP contribution in [0, 0.1) is 52.4 Å². The van der Waals surface area contributed by atoms with Crippen molar-refractivity contribution in [1.29, 1.82) is 0 Å². The number of nitrogens with one attached hydrogen (secondary N) is 1. The van der Waals surface area contributed by atoms with Crippen LogP contribution in [0.2, 0.25) is 0 Å². The average Bonchev–Trinajstić information content (AvgIpc) is 3.24. The smallest absolute Gasteiger partial charge is 0.200 e. The van der Waals surface area contributed by atoms with Gasteiger partial charge in [0.2, 0.25) is 5.82 Å². The molecule has 0 aliphatic carbocycles. The summed E-state index contributed by atoms with van der Waals surface area (Å²) < 4.78 is 129. The first kappa shape index (κ1) is 23.0. The number of benzene rings is 4. The summed E-state index contributed by atoms with van der Waals surface area (Å²) in [5.41, 5.74) is -5.49. The molecule has 1 nitrogen and oxygen atoms in total. The Hall–Kier alpha value is -3.73. The maximum Gasteiger partial charge on any atom is 0.200 e. The minimum Gasteiger partial charge on any atom is -0.349 e. The molecule has 4 aromatic carbocycles. The Morgan fingerprint density at radius 1 is 0.486 bits per heavy atom. The fourth-order valence-electron chi connectivity index (χ4n) is 3.77. The molecule has 5 rings (SSSR count). The molecule has 1 heterocycles. The molecular weight excluding hydrogens is 505 g/mol. The molecule has 0 fully saturated rings. The van der Waals surface area contributed by atoms with Crippen LogP contribution >= 0.6 is 11.3 Å². The topological polar surface area (TPSA) is 12.0 Å². The van der Waals surface area contributed by atoms with Gasteiger partial charge in [0.25, 0.3) is 0 Å². The molecule has 0 unspecified atom stereocenters. The first-order valence-corrected chi connectivity index (χ1v) is 10.5. The third-order valence-electron chi connectivity index (χ3n) is 5.39. The van der Waals surface area contributed by atoms with Crippen LogP contribution in [0.3, 0.4) is 0 Å². The Kier molecular flexibility index (Phi) is 5.39. The SMILES string of the molecule is Fc1c(F)c(F)c(-c2c(F)c(F)c(Nc3cccc4c3sc3ccccc34)c(F)c2F)c(F)c1F. The van der Waals surface area contributed by atoms with E-state index in [9.17, 15) is 39.5 Å². The molecule has 0 bridgehead atoms. The van der Waals surface area contributed by atoms with Crippen LogP contribution in [0.15, 0.2) is 42.5 Å². The third-order valence-corrected chi connectivity index (χ3v) is 6.61. The standard InChI is InChI=1S/C24H8F9NS/c25-14-12(15(26)19(30)20(31)18(14)29)13-16(27)21(32)23(22(33)17(13)28)34-10-6-3-5-9-8-4-1-2-7-11(8)35-24(9)10/h1-7,34H. The second-order valence-corrected chi connectivity index (χ2v) is 8.41. The molecule has 0 aliphatic rings. The van der Waals surface area contributed by atoms with E-state index in [4.69, 9.17) is 0 Å². The summed E-state index contributed by atoms with van der Waals surface area (Å²) in [4.78, 5) is 0. The molecule has 0 aliphatic heterocycles. The molecule has 5 aromatic rings. The predicted molar refractivity (Wildman–Crippen MR) is 114 cm³/mol. The Labute approximate surface area is 194 Å². The summed E-state index contributed by atoms with van der Waals surface area (Å²) in [5.74, 6) is -21.9. The summed E-state index contributed by atoms with van der Waals surface area (Å²) in [7, 11) is 0. The molecule has 0 amide bonds. The lowest BCUT2D eigenvalue weighted by Gasteiger charge is -2.15. The molecule has 0 saturated carbocycles. The van der Waals surface area contributed by atoms with Crippen molar-refractivity contribution in [3.63, 3.8) is 0 Å². The summed E-state index contributed by atoms with van der Waals surface area (Å²) in [5, 5.41) is 3.74. The number of thiophene rings is 1. The van der Waals surface area contributed by atoms with E-state index in [-0.39, 0.29) is 5.69 Å². The van der Waals surface area contributed by atoms with E-state index in [1.54, 1.807) is 30.3 Å². The highest BCUT2D eigenvalue weighted by molar-refractivity contribution is 7.26. The van der Waals surface area contributed by atoms with Gasteiger partial charge in [-0.3, -0.25) is 0 Å². The maximum atomic E-state index is 14.9. The van der Waals surface area contributed by atoms with E-state index in [0.717, 1.165) is 10.1 Å². The van der Waals surface area contributed by atoms with E-state index >= 15 is 0 Å². The van der Waals surface area contributed by atoms with Gasteiger partial charge < -0.3 is 5.32 Å². The number of halogens is 9. The highest BCUT2D eigenvalue weighted by Crippen LogP contribution is 2.42. The van der Waals surface area contributed by atoms with E-state index in [1.807, 2.05) is 0 Å². The highest BCUT2D eigenvalue weighted by Gasteiger charge is 2.34. The van der Waals surface area contributed by atoms with Crippen molar-refractivity contribution in [1.82, 2.24) is 0 Å². The van der Waals surface area contributed by atoms with E-state index in [2.05, 4.69) is 5.32 Å².